The maximum atomic E-state index is 15.7. The molecule has 0 bridgehead atoms. The molecule has 10 heteroatoms. The molecule has 0 saturated carbocycles. The van der Waals surface area contributed by atoms with Crippen LogP contribution in [0.1, 0.15) is 84.7 Å². The van der Waals surface area contributed by atoms with Crippen LogP contribution >= 0.6 is 0 Å². The van der Waals surface area contributed by atoms with Gasteiger partial charge in [-0.15, -0.1) is 0 Å². The van der Waals surface area contributed by atoms with E-state index in [0.29, 0.717) is 57.9 Å². The smallest absolute Gasteiger partial charge is 0.337 e. The number of nitrogens with zero attached hydrogens (tertiary/aromatic N) is 2. The molecule has 2 atom stereocenters. The molecule has 2 aromatic carbocycles. The first-order valence-electron chi connectivity index (χ1n) is 15.0. The number of ether oxygens (including phenoxy) is 3. The number of carbonyl (C=O) groups is 2. The van der Waals surface area contributed by atoms with Gasteiger partial charge in [-0.25, -0.2) is 14.2 Å². The Labute approximate surface area is 262 Å². The summed E-state index contributed by atoms with van der Waals surface area (Å²) in [6.07, 6.45) is -0.0401. The van der Waals surface area contributed by atoms with Crippen LogP contribution in [0.2, 0.25) is 0 Å². The number of carbonyl (C=O) groups excluding carboxylic acids is 1. The molecule has 0 saturated heterocycles. The van der Waals surface area contributed by atoms with Crippen molar-refractivity contribution in [3.05, 3.63) is 75.9 Å². The molecular formula is C35H40FN3O6. The van der Waals surface area contributed by atoms with E-state index in [9.17, 15) is 14.7 Å². The lowest BCUT2D eigenvalue weighted by Gasteiger charge is -2.29. The lowest BCUT2D eigenvalue weighted by molar-refractivity contribution is -0.160. The number of hydrogen-bond acceptors (Lipinski definition) is 6. The Morgan fingerprint density at radius 3 is 2.47 bits per heavy atom. The summed E-state index contributed by atoms with van der Waals surface area (Å²) in [7, 11) is 3.33. The number of methoxy groups -OCH3 is 1. The monoisotopic (exact) mass is 617 g/mol. The number of pyridine rings is 1. The highest BCUT2D eigenvalue weighted by atomic mass is 19.1. The Bertz CT molecular complexity index is 1790. The molecule has 0 unspecified atom stereocenters. The van der Waals surface area contributed by atoms with Gasteiger partial charge in [0.05, 0.1) is 25.4 Å². The highest BCUT2D eigenvalue weighted by molar-refractivity contribution is 6.04. The van der Waals surface area contributed by atoms with Crippen molar-refractivity contribution in [2.45, 2.75) is 72.1 Å². The zero-order valence-electron chi connectivity index (χ0n) is 27.0. The summed E-state index contributed by atoms with van der Waals surface area (Å²) in [4.78, 5) is 31.3. The molecule has 0 spiro atoms. The third-order valence-corrected chi connectivity index (χ3v) is 8.26. The standard InChI is InChI=1S/C35H40FN3O6/c1-18-23-10-9-15-44-30(23)26(36)16-24(18)29-25-17-27(33(40)38-19(2)21-11-13-22(43-8)14-12-21)39(7)32(25)37-20(3)28(29)31(34(41)42)45-35(4,5)6/h11-14,16-17,19,31H,9-10,15H2,1-8H3,(H,38,40)(H,41,42)/t19-,31+/m1/s1. The fraction of sp³-hybridized carbons (Fsp3) is 0.400. The van der Waals surface area contributed by atoms with E-state index in [1.807, 2.05) is 38.1 Å². The number of nitrogens with one attached hydrogen (secondary N) is 1. The van der Waals surface area contributed by atoms with E-state index in [2.05, 4.69) is 5.32 Å². The van der Waals surface area contributed by atoms with Crippen LogP contribution < -0.4 is 14.8 Å². The van der Waals surface area contributed by atoms with Gasteiger partial charge in [-0.1, -0.05) is 12.1 Å². The number of benzene rings is 2. The second-order valence-corrected chi connectivity index (χ2v) is 12.5. The van der Waals surface area contributed by atoms with E-state index >= 15 is 4.39 Å². The van der Waals surface area contributed by atoms with Crippen LogP contribution in [0.25, 0.3) is 22.2 Å². The molecule has 1 amide bonds. The summed E-state index contributed by atoms with van der Waals surface area (Å²) in [5, 5.41) is 14.0. The predicted molar refractivity (Wildman–Crippen MR) is 169 cm³/mol. The minimum absolute atomic E-state index is 0.229. The van der Waals surface area contributed by atoms with Crippen LogP contribution in [-0.4, -0.2) is 45.9 Å². The highest BCUT2D eigenvalue weighted by Gasteiger charge is 2.35. The van der Waals surface area contributed by atoms with Crippen molar-refractivity contribution < 1.29 is 33.3 Å². The molecular weight excluding hydrogens is 577 g/mol. The van der Waals surface area contributed by atoms with Crippen molar-refractivity contribution in [1.82, 2.24) is 14.9 Å². The Balaban J connectivity index is 1.73. The Kier molecular flexibility index (Phi) is 8.64. The Hall–Kier alpha value is -4.44. The van der Waals surface area contributed by atoms with E-state index in [1.54, 1.807) is 52.5 Å². The summed E-state index contributed by atoms with van der Waals surface area (Å²) < 4.78 is 34.4. The van der Waals surface area contributed by atoms with Crippen molar-refractivity contribution >= 4 is 22.9 Å². The molecule has 3 heterocycles. The van der Waals surface area contributed by atoms with Gasteiger partial charge < -0.3 is 29.2 Å². The van der Waals surface area contributed by atoms with E-state index in [-0.39, 0.29) is 17.7 Å². The van der Waals surface area contributed by atoms with Gasteiger partial charge in [0, 0.05) is 34.8 Å². The number of amides is 1. The minimum Gasteiger partial charge on any atom is -0.497 e. The van der Waals surface area contributed by atoms with Gasteiger partial charge in [0.25, 0.3) is 5.91 Å². The van der Waals surface area contributed by atoms with Crippen molar-refractivity contribution in [3.8, 4) is 22.6 Å². The number of aliphatic carboxylic acids is 1. The van der Waals surface area contributed by atoms with Gasteiger partial charge in [0.2, 0.25) is 0 Å². The van der Waals surface area contributed by atoms with E-state index in [1.165, 1.54) is 6.07 Å². The van der Waals surface area contributed by atoms with Crippen LogP contribution in [0.15, 0.2) is 36.4 Å². The van der Waals surface area contributed by atoms with E-state index in [0.717, 1.165) is 23.1 Å². The second-order valence-electron chi connectivity index (χ2n) is 12.5. The third kappa shape index (κ3) is 6.11. The number of aryl methyl sites for hydroxylation is 2. The van der Waals surface area contributed by atoms with E-state index < -0.39 is 23.5 Å². The van der Waals surface area contributed by atoms with Gasteiger partial charge in [-0.2, -0.15) is 0 Å². The summed E-state index contributed by atoms with van der Waals surface area (Å²) in [5.74, 6) is -1.12. The van der Waals surface area contributed by atoms with Crippen molar-refractivity contribution in [3.63, 3.8) is 0 Å². The molecule has 4 aromatic rings. The molecule has 0 radical (unpaired) electrons. The number of hydrogen-bond donors (Lipinski definition) is 2. The zero-order chi connectivity index (χ0) is 32.8. The third-order valence-electron chi connectivity index (χ3n) is 8.26. The summed E-state index contributed by atoms with van der Waals surface area (Å²) >= 11 is 0. The number of carboxylic acids is 1. The zero-order valence-corrected chi connectivity index (χ0v) is 27.0. The minimum atomic E-state index is -1.40. The largest absolute Gasteiger partial charge is 0.497 e. The summed E-state index contributed by atoms with van der Waals surface area (Å²) in [5.41, 5.74) is 4.08. The lowest BCUT2D eigenvalue weighted by Crippen LogP contribution is -2.28. The summed E-state index contributed by atoms with van der Waals surface area (Å²) in [6, 6.07) is 10.2. The van der Waals surface area contributed by atoms with Crippen LogP contribution in [0.5, 0.6) is 11.5 Å². The first kappa shape index (κ1) is 32.0. The Morgan fingerprint density at radius 2 is 1.84 bits per heavy atom. The van der Waals surface area contributed by atoms with Crippen LogP contribution in [0.4, 0.5) is 4.39 Å². The Morgan fingerprint density at radius 1 is 1.16 bits per heavy atom. The van der Waals surface area contributed by atoms with Crippen molar-refractivity contribution in [1.29, 1.82) is 0 Å². The fourth-order valence-corrected chi connectivity index (χ4v) is 6.04. The van der Waals surface area contributed by atoms with Gasteiger partial charge in [-0.05, 0) is 95.3 Å². The molecule has 1 aliphatic heterocycles. The van der Waals surface area contributed by atoms with Crippen LogP contribution in [-0.2, 0) is 23.0 Å². The van der Waals surface area contributed by atoms with Crippen molar-refractivity contribution in [2.75, 3.05) is 13.7 Å². The van der Waals surface area contributed by atoms with Gasteiger partial charge in [0.1, 0.15) is 17.1 Å². The molecule has 0 fully saturated rings. The van der Waals surface area contributed by atoms with E-state index in [4.69, 9.17) is 19.2 Å². The van der Waals surface area contributed by atoms with Gasteiger partial charge in [-0.3, -0.25) is 4.79 Å². The maximum absolute atomic E-state index is 15.7. The molecule has 1 aliphatic rings. The molecule has 5 rings (SSSR count). The quantitative estimate of drug-likeness (QED) is 0.225. The molecule has 9 nitrogen and oxygen atoms in total. The second kappa shape index (κ2) is 12.2. The number of fused-ring (bicyclic) bond motifs is 2. The highest BCUT2D eigenvalue weighted by Crippen LogP contribution is 2.44. The van der Waals surface area contributed by atoms with Gasteiger partial charge >= 0.3 is 5.97 Å². The SMILES string of the molecule is COc1ccc([C@@H](C)NC(=O)c2cc3c(-c4cc(F)c5c(c4C)CCCO5)c([C@H](OC(C)(C)C)C(=O)O)c(C)nc3n2C)cc1. The molecule has 0 aliphatic carbocycles. The van der Waals surface area contributed by atoms with Crippen LogP contribution in [0, 0.1) is 19.7 Å². The number of rotatable bonds is 8. The molecule has 2 aromatic heterocycles. The molecule has 45 heavy (non-hydrogen) atoms. The molecule has 2 N–H and O–H groups in total. The number of halogens is 1. The maximum Gasteiger partial charge on any atom is 0.337 e. The lowest BCUT2D eigenvalue weighted by atomic mass is 9.86. The molecule has 238 valence electrons. The average molecular weight is 618 g/mol. The predicted octanol–water partition coefficient (Wildman–Crippen LogP) is 6.76. The first-order valence-corrected chi connectivity index (χ1v) is 15.0. The number of aromatic nitrogens is 2. The first-order chi connectivity index (χ1) is 21.2. The van der Waals surface area contributed by atoms with Crippen LogP contribution in [0.3, 0.4) is 0 Å². The fourth-order valence-electron chi connectivity index (χ4n) is 6.04. The van der Waals surface area contributed by atoms with Crippen molar-refractivity contribution in [2.24, 2.45) is 7.05 Å². The normalized spacial score (nSPS) is 14.4. The summed E-state index contributed by atoms with van der Waals surface area (Å²) in [6.45, 7) is 11.3. The number of carboxylic acid groups (broad SMARTS) is 1. The topological polar surface area (TPSA) is 112 Å². The average Bonchev–Trinajstić information content (AvgIpc) is 3.32. The van der Waals surface area contributed by atoms with Gasteiger partial charge in [0.15, 0.2) is 17.7 Å².